The molecule has 0 fully saturated rings. The molecule has 0 spiro atoms. The highest BCUT2D eigenvalue weighted by atomic mass is 16.6. The Morgan fingerprint density at radius 3 is 0.817 bits per heavy atom. The van der Waals surface area contributed by atoms with E-state index in [-0.39, 0.29) is 39.6 Å². The number of isocyanates is 4. The fourth-order valence-electron chi connectivity index (χ4n) is 8.84. The number of nitrogens with one attached hydrogen (secondary N) is 4. The Morgan fingerprint density at radius 2 is 0.596 bits per heavy atom. The van der Waals surface area contributed by atoms with E-state index in [1.165, 1.54) is 13.8 Å². The van der Waals surface area contributed by atoms with Gasteiger partial charge in [0, 0.05) is 0 Å². The number of nitrogens with zero attached hydrogens (tertiary/aromatic N) is 4. The first-order valence-electron chi connectivity index (χ1n) is 32.8. The molecule has 4 rings (SSSR count). The molecule has 9 N–H and O–H groups in total. The number of aliphatic hydroxyl groups excluding tert-OH is 4. The third-order valence-corrected chi connectivity index (χ3v) is 16.3. The van der Waals surface area contributed by atoms with Gasteiger partial charge < -0.3 is 85.1 Å². The number of ether oxygens (including phenoxy) is 6. The van der Waals surface area contributed by atoms with Gasteiger partial charge in [0.15, 0.2) is 0 Å². The molecule has 1 unspecified atom stereocenters. The van der Waals surface area contributed by atoms with E-state index < -0.39 is 118 Å². The van der Waals surface area contributed by atoms with Crippen LogP contribution in [0.4, 0.5) is 19.2 Å². The van der Waals surface area contributed by atoms with Gasteiger partial charge in [0.05, 0.1) is 109 Å². The largest absolute Gasteiger partial charge is 0.549 e. The van der Waals surface area contributed by atoms with Gasteiger partial charge >= 0.3 is 30.3 Å². The summed E-state index contributed by atoms with van der Waals surface area (Å²) in [5, 5.41) is 64.6. The summed E-state index contributed by atoms with van der Waals surface area (Å²) in [6, 6.07) is 29.0. The molecule has 0 radical (unpaired) electrons. The van der Waals surface area contributed by atoms with Gasteiger partial charge in [-0.2, -0.15) is 20.0 Å². The average molecular weight is 1460 g/mol. The normalized spacial score (nSPS) is 12.3. The lowest BCUT2D eigenvalue weighted by atomic mass is 9.87. The van der Waals surface area contributed by atoms with Crippen LogP contribution in [0.1, 0.15) is 169 Å². The zero-order chi connectivity index (χ0) is 79.6. The van der Waals surface area contributed by atoms with E-state index in [9.17, 15) is 53.1 Å². The van der Waals surface area contributed by atoms with Crippen molar-refractivity contribution in [1.29, 1.82) is 0 Å². The summed E-state index contributed by atoms with van der Waals surface area (Å²) in [5.74, 6) is -2.81. The van der Waals surface area contributed by atoms with Crippen molar-refractivity contribution in [3.05, 3.63) is 142 Å². The molecule has 4 amide bonds. The van der Waals surface area contributed by atoms with Gasteiger partial charge in [-0.3, -0.25) is 4.79 Å². The minimum Gasteiger partial charge on any atom is -0.549 e. The van der Waals surface area contributed by atoms with E-state index in [4.69, 9.17) is 49.2 Å². The molecule has 30 heteroatoms. The summed E-state index contributed by atoms with van der Waals surface area (Å²) < 4.78 is 31.3. The first-order valence-corrected chi connectivity index (χ1v) is 32.8. The Morgan fingerprint density at radius 1 is 0.365 bits per heavy atom. The first-order chi connectivity index (χ1) is 48.2. The van der Waals surface area contributed by atoms with Crippen LogP contribution in [0.15, 0.2) is 117 Å². The molecular formula is C74H103N8O22-. The number of aliphatic hydroxyl groups is 4. The predicted octanol–water partition coefficient (Wildman–Crippen LogP) is 7.72. The van der Waals surface area contributed by atoms with Crippen molar-refractivity contribution in [2.75, 3.05) is 79.3 Å². The molecule has 4 aromatic rings. The molecule has 0 aliphatic heterocycles. The molecule has 572 valence electrons. The van der Waals surface area contributed by atoms with Crippen molar-refractivity contribution in [3.8, 4) is 0 Å². The Bertz CT molecular complexity index is 3640. The highest BCUT2D eigenvalue weighted by Crippen LogP contribution is 2.34. The SMILES string of the molecule is CC(C)(N=C=O)c1cccc(C(C)(C)N=C=O)c1.CC(CO)(CO)C(=O)O.CC(COC(=O)NC(C)(C)c1cccc(C(C)(C)N=C=O)c1)(COC(=O)NC(C)(C)c1cccc(C(C)(C)NC(=O)OCCOCCOC(=O)NC(C)(C)c2cccc(C(C)(C)N=C=O)c2)c1)C(=O)[O-].OCCOCCO. The van der Waals surface area contributed by atoms with Gasteiger partial charge in [-0.05, 0) is 169 Å². The maximum atomic E-state index is 13.1. The summed E-state index contributed by atoms with van der Waals surface area (Å²) in [6.45, 7) is 29.0. The molecule has 30 nitrogen and oxygen atoms in total. The molecule has 0 aromatic heterocycles. The van der Waals surface area contributed by atoms with Crippen molar-refractivity contribution in [2.45, 2.75) is 169 Å². The summed E-state index contributed by atoms with van der Waals surface area (Å²) in [7, 11) is 0. The number of aliphatic imine (C=N–C) groups is 4. The van der Waals surface area contributed by atoms with Crippen molar-refractivity contribution in [2.24, 2.45) is 30.8 Å². The lowest BCUT2D eigenvalue weighted by Crippen LogP contribution is -2.50. The van der Waals surface area contributed by atoms with Crippen LogP contribution >= 0.6 is 0 Å². The number of hydrogen-bond acceptors (Lipinski definition) is 25. The van der Waals surface area contributed by atoms with Crippen molar-refractivity contribution in [3.63, 3.8) is 0 Å². The molecule has 0 saturated heterocycles. The lowest BCUT2D eigenvalue weighted by Gasteiger charge is -2.33. The lowest BCUT2D eigenvalue weighted by molar-refractivity contribution is -0.321. The van der Waals surface area contributed by atoms with Crippen LogP contribution in [0.3, 0.4) is 0 Å². The number of rotatable bonds is 34. The number of carbonyl (C=O) groups is 6. The minimum absolute atomic E-state index is 0.0278. The predicted molar refractivity (Wildman–Crippen MR) is 379 cm³/mol. The zero-order valence-electron chi connectivity index (χ0n) is 62.7. The molecule has 0 saturated carbocycles. The second kappa shape index (κ2) is 41.5. The molecule has 0 aliphatic carbocycles. The molecule has 1 atom stereocenters. The van der Waals surface area contributed by atoms with E-state index in [2.05, 4.69) is 46.0 Å². The maximum Gasteiger partial charge on any atom is 0.407 e. The summed E-state index contributed by atoms with van der Waals surface area (Å²) >= 11 is 0. The van der Waals surface area contributed by atoms with Crippen LogP contribution in [-0.4, -0.2) is 165 Å². The Balaban J connectivity index is 0.00000129. The maximum absolute atomic E-state index is 13.1. The Kier molecular flexibility index (Phi) is 36.8. The van der Waals surface area contributed by atoms with Gasteiger partial charge in [0.2, 0.25) is 24.3 Å². The van der Waals surface area contributed by atoms with Crippen LogP contribution < -0.4 is 26.4 Å². The number of amides is 4. The highest BCUT2D eigenvalue weighted by molar-refractivity contribution is 5.76. The van der Waals surface area contributed by atoms with E-state index in [1.54, 1.807) is 142 Å². The van der Waals surface area contributed by atoms with E-state index in [1.807, 2.05) is 90.1 Å². The average Bonchev–Trinajstić information content (AvgIpc) is 0.836. The second-order valence-corrected chi connectivity index (χ2v) is 28.5. The third-order valence-electron chi connectivity index (χ3n) is 16.3. The number of carboxylic acids is 2. The molecule has 4 aromatic carbocycles. The van der Waals surface area contributed by atoms with Crippen molar-refractivity contribution < 1.29 is 107 Å². The highest BCUT2D eigenvalue weighted by Gasteiger charge is 2.36. The van der Waals surface area contributed by atoms with Gasteiger partial charge in [-0.25, -0.2) is 38.4 Å². The van der Waals surface area contributed by atoms with Gasteiger partial charge in [-0.15, -0.1) is 0 Å². The van der Waals surface area contributed by atoms with E-state index in [0.29, 0.717) is 35.5 Å². The molecule has 0 heterocycles. The zero-order valence-corrected chi connectivity index (χ0v) is 62.7. The van der Waals surface area contributed by atoms with Crippen LogP contribution in [0.25, 0.3) is 0 Å². The van der Waals surface area contributed by atoms with Gasteiger partial charge in [-0.1, -0.05) is 97.1 Å². The number of alkyl carbamates (subject to hydrolysis) is 4. The number of hydrogen-bond donors (Lipinski definition) is 9. The number of benzene rings is 4. The fourth-order valence-corrected chi connectivity index (χ4v) is 8.84. The second-order valence-electron chi connectivity index (χ2n) is 28.5. The summed E-state index contributed by atoms with van der Waals surface area (Å²) in [5.41, 5.74) is -4.13. The van der Waals surface area contributed by atoms with Crippen LogP contribution in [-0.2, 0) is 101 Å². The standard InChI is InChI=1S/C51H68N6O13.C14H16N2O2.C5H10O4.C4H10O3/c1-45(2,52-32-58)34-17-14-19-36(27-34)47(5,6)54-41(62)67-25-23-66-24-26-68-42(63)55-48(7,8)38-21-16-22-39(29-38)50(11,12)57-44(65)70-31-51(13,40(60)61)30-69-43(64)56-49(9,10)37-20-15-18-35(28-37)46(3,4)53-33-59;1-13(2,15-9-17)11-6-5-7-12(8-11)14(3,4)16-10-18;1-5(2-6,3-7)4(8)9;5-1-3-7-4-2-6/h14-22,27-29H,23-26,30-31H2,1-13H3,(H,54,62)(H,55,63)(H,56,64)(H,57,65)(H,60,61);5-8H,1-4H3;6-7H,2-3H2,1H3,(H,8,9);5-6H,1-4H2/p-1. The van der Waals surface area contributed by atoms with Gasteiger partial charge in [0.1, 0.15) is 31.8 Å². The molecular weight excluding hydrogens is 1350 g/mol. The number of aliphatic carboxylic acids is 2. The molecule has 104 heavy (non-hydrogen) atoms. The van der Waals surface area contributed by atoms with Crippen LogP contribution in [0.2, 0.25) is 0 Å². The number of carbonyl (C=O) groups excluding carboxylic acids is 9. The monoisotopic (exact) mass is 1460 g/mol. The van der Waals surface area contributed by atoms with E-state index in [0.717, 1.165) is 22.3 Å². The third kappa shape index (κ3) is 30.6. The number of carboxylic acid groups (broad SMARTS) is 2. The van der Waals surface area contributed by atoms with Crippen molar-refractivity contribution >= 4 is 60.6 Å². The quantitative estimate of drug-likeness (QED) is 0.00934. The Labute approximate surface area is 607 Å². The van der Waals surface area contributed by atoms with E-state index >= 15 is 0 Å². The molecule has 0 aliphatic rings. The fraction of sp³-hybridized carbons (Fsp3) is 0.541. The van der Waals surface area contributed by atoms with Gasteiger partial charge in [0.25, 0.3) is 0 Å². The molecule has 0 bridgehead atoms. The first kappa shape index (κ1) is 92.2. The Hall–Kier alpha value is -9.82. The summed E-state index contributed by atoms with van der Waals surface area (Å²) in [4.78, 5) is 132. The van der Waals surface area contributed by atoms with Crippen molar-refractivity contribution in [1.82, 2.24) is 21.3 Å². The van der Waals surface area contributed by atoms with Crippen LogP contribution in [0.5, 0.6) is 0 Å². The minimum atomic E-state index is -1.93. The smallest absolute Gasteiger partial charge is 0.407 e. The summed E-state index contributed by atoms with van der Waals surface area (Å²) in [6.07, 6.45) is 3.05. The van der Waals surface area contributed by atoms with Crippen LogP contribution in [0, 0.1) is 10.8 Å². The topological polar surface area (TPSA) is 448 Å².